The number of halogens is 2. The quantitative estimate of drug-likeness (QED) is 0.897. The van der Waals surface area contributed by atoms with Gasteiger partial charge in [-0.15, -0.1) is 0 Å². The van der Waals surface area contributed by atoms with Gasteiger partial charge in [0, 0.05) is 13.1 Å². The molecule has 0 spiro atoms. The van der Waals surface area contributed by atoms with Crippen molar-refractivity contribution in [3.63, 3.8) is 0 Å². The number of aryl methyl sites for hydroxylation is 1. The van der Waals surface area contributed by atoms with Gasteiger partial charge >= 0.3 is 0 Å². The van der Waals surface area contributed by atoms with E-state index in [1.165, 1.54) is 17.9 Å². The maximum atomic E-state index is 14.1. The topological polar surface area (TPSA) is 53.1 Å². The van der Waals surface area contributed by atoms with Crippen LogP contribution in [-0.4, -0.2) is 16.9 Å². The zero-order valence-corrected chi connectivity index (χ0v) is 10.1. The van der Waals surface area contributed by atoms with Crippen molar-refractivity contribution < 1.29 is 9.13 Å². The van der Waals surface area contributed by atoms with Gasteiger partial charge in [0.2, 0.25) is 0 Å². The van der Waals surface area contributed by atoms with Crippen molar-refractivity contribution in [2.45, 2.75) is 0 Å². The highest BCUT2D eigenvalue weighted by Gasteiger charge is 2.17. The lowest BCUT2D eigenvalue weighted by Crippen LogP contribution is -1.97. The van der Waals surface area contributed by atoms with Crippen molar-refractivity contribution in [1.29, 1.82) is 0 Å². The molecule has 1 heterocycles. The second kappa shape index (κ2) is 4.25. The molecule has 0 amide bonds. The van der Waals surface area contributed by atoms with Crippen molar-refractivity contribution in [3.8, 4) is 17.0 Å². The van der Waals surface area contributed by atoms with Crippen LogP contribution in [0.25, 0.3) is 11.3 Å². The lowest BCUT2D eigenvalue weighted by Gasteiger charge is -2.07. The van der Waals surface area contributed by atoms with Crippen LogP contribution in [0.2, 0.25) is 5.02 Å². The summed E-state index contributed by atoms with van der Waals surface area (Å²) in [4.78, 5) is 0. The molecule has 0 saturated carbocycles. The number of aromatic nitrogens is 2. The average molecular weight is 256 g/mol. The maximum Gasteiger partial charge on any atom is 0.175 e. The number of nitrogen functional groups attached to an aromatic ring is 1. The van der Waals surface area contributed by atoms with E-state index in [1.54, 1.807) is 19.2 Å². The summed E-state index contributed by atoms with van der Waals surface area (Å²) in [7, 11) is 3.06. The molecule has 0 aliphatic rings. The summed E-state index contributed by atoms with van der Waals surface area (Å²) in [5, 5.41) is 4.35. The SMILES string of the molecule is COc1ccc(Cl)c(-c2cc(N)n(C)n2)c1F. The fourth-order valence-electron chi connectivity index (χ4n) is 1.53. The molecule has 2 N–H and O–H groups in total. The van der Waals surface area contributed by atoms with Gasteiger partial charge in [0.1, 0.15) is 5.82 Å². The van der Waals surface area contributed by atoms with E-state index in [4.69, 9.17) is 22.1 Å². The zero-order valence-electron chi connectivity index (χ0n) is 9.37. The lowest BCUT2D eigenvalue weighted by atomic mass is 10.1. The molecule has 17 heavy (non-hydrogen) atoms. The molecule has 4 nitrogen and oxygen atoms in total. The highest BCUT2D eigenvalue weighted by Crippen LogP contribution is 2.35. The molecule has 0 radical (unpaired) electrons. The minimum absolute atomic E-state index is 0.119. The standard InChI is InChI=1S/C11H11ClFN3O/c1-16-9(14)5-7(15-16)10-6(12)3-4-8(17-2)11(10)13/h3-5H,14H2,1-2H3. The van der Waals surface area contributed by atoms with Gasteiger partial charge in [-0.25, -0.2) is 4.39 Å². The number of hydrogen-bond acceptors (Lipinski definition) is 3. The summed E-state index contributed by atoms with van der Waals surface area (Å²) >= 11 is 5.97. The molecule has 0 bridgehead atoms. The molecule has 1 aromatic heterocycles. The van der Waals surface area contributed by atoms with Crippen LogP contribution in [0.4, 0.5) is 10.2 Å². The molecule has 2 aromatic rings. The third-order valence-corrected chi connectivity index (χ3v) is 2.76. The Labute approximate surface area is 103 Å². The molecule has 6 heteroatoms. The fraction of sp³-hybridized carbons (Fsp3) is 0.182. The second-order valence-corrected chi connectivity index (χ2v) is 3.92. The van der Waals surface area contributed by atoms with Crippen molar-refractivity contribution in [2.24, 2.45) is 7.05 Å². The Morgan fingerprint density at radius 2 is 2.18 bits per heavy atom. The minimum Gasteiger partial charge on any atom is -0.494 e. The van der Waals surface area contributed by atoms with Crippen molar-refractivity contribution in [3.05, 3.63) is 29.0 Å². The number of ether oxygens (including phenoxy) is 1. The number of benzene rings is 1. The van der Waals surface area contributed by atoms with Crippen LogP contribution in [0, 0.1) is 5.82 Å². The Morgan fingerprint density at radius 1 is 1.47 bits per heavy atom. The van der Waals surface area contributed by atoms with Gasteiger partial charge < -0.3 is 10.5 Å². The molecule has 0 atom stereocenters. The zero-order chi connectivity index (χ0) is 12.6. The van der Waals surface area contributed by atoms with E-state index in [0.29, 0.717) is 11.5 Å². The summed E-state index contributed by atoms with van der Waals surface area (Å²) in [5.74, 6) is 0.00464. The predicted octanol–water partition coefficient (Wildman–Crippen LogP) is 2.47. The van der Waals surface area contributed by atoms with Crippen LogP contribution in [0.5, 0.6) is 5.75 Å². The first-order chi connectivity index (χ1) is 8.04. The molecule has 0 fully saturated rings. The largest absolute Gasteiger partial charge is 0.494 e. The molecule has 0 aliphatic heterocycles. The normalized spacial score (nSPS) is 10.6. The smallest absolute Gasteiger partial charge is 0.175 e. The summed E-state index contributed by atoms with van der Waals surface area (Å²) < 4.78 is 20.4. The molecule has 2 rings (SSSR count). The summed E-state index contributed by atoms with van der Waals surface area (Å²) in [6.45, 7) is 0. The lowest BCUT2D eigenvalue weighted by molar-refractivity contribution is 0.387. The Hall–Kier alpha value is -1.75. The van der Waals surface area contributed by atoms with Gasteiger partial charge in [-0.3, -0.25) is 4.68 Å². The van der Waals surface area contributed by atoms with Gasteiger partial charge in [0.15, 0.2) is 11.6 Å². The van der Waals surface area contributed by atoms with Gasteiger partial charge in [0.25, 0.3) is 0 Å². The van der Waals surface area contributed by atoms with Crippen molar-refractivity contribution in [2.75, 3.05) is 12.8 Å². The number of anilines is 1. The maximum absolute atomic E-state index is 14.1. The van der Waals surface area contributed by atoms with E-state index in [-0.39, 0.29) is 16.3 Å². The highest BCUT2D eigenvalue weighted by atomic mass is 35.5. The monoisotopic (exact) mass is 255 g/mol. The molecule has 0 aliphatic carbocycles. The van der Waals surface area contributed by atoms with E-state index in [0.717, 1.165) is 0 Å². The summed E-state index contributed by atoms with van der Waals surface area (Å²) in [5.41, 5.74) is 6.23. The fourth-order valence-corrected chi connectivity index (χ4v) is 1.77. The van der Waals surface area contributed by atoms with Crippen LogP contribution in [0.15, 0.2) is 18.2 Å². The molecular formula is C11H11ClFN3O. The Morgan fingerprint density at radius 3 is 2.71 bits per heavy atom. The Balaban J connectivity index is 2.65. The number of methoxy groups -OCH3 is 1. The average Bonchev–Trinajstić information content (AvgIpc) is 2.59. The number of hydrogen-bond donors (Lipinski definition) is 1. The first kappa shape index (κ1) is 11.7. The van der Waals surface area contributed by atoms with Crippen LogP contribution in [0.3, 0.4) is 0 Å². The van der Waals surface area contributed by atoms with Gasteiger partial charge in [-0.2, -0.15) is 5.10 Å². The first-order valence-electron chi connectivity index (χ1n) is 4.86. The second-order valence-electron chi connectivity index (χ2n) is 3.52. The summed E-state index contributed by atoms with van der Waals surface area (Å²) in [6.07, 6.45) is 0. The number of nitrogens with zero attached hydrogens (tertiary/aromatic N) is 2. The minimum atomic E-state index is -0.543. The van der Waals surface area contributed by atoms with Gasteiger partial charge in [-0.1, -0.05) is 11.6 Å². The Bertz CT molecular complexity index is 549. The van der Waals surface area contributed by atoms with Crippen LogP contribution >= 0.6 is 11.6 Å². The van der Waals surface area contributed by atoms with E-state index in [2.05, 4.69) is 5.10 Å². The predicted molar refractivity (Wildman–Crippen MR) is 64.6 cm³/mol. The van der Waals surface area contributed by atoms with Crippen LogP contribution in [0.1, 0.15) is 0 Å². The van der Waals surface area contributed by atoms with Gasteiger partial charge in [0.05, 0.1) is 23.4 Å². The summed E-state index contributed by atoms with van der Waals surface area (Å²) in [6, 6.07) is 4.58. The number of nitrogens with two attached hydrogens (primary N) is 1. The van der Waals surface area contributed by atoms with Gasteiger partial charge in [-0.05, 0) is 12.1 Å². The molecular weight excluding hydrogens is 245 g/mol. The van der Waals surface area contributed by atoms with Crippen molar-refractivity contribution in [1.82, 2.24) is 9.78 Å². The van der Waals surface area contributed by atoms with E-state index >= 15 is 0 Å². The molecule has 1 aromatic carbocycles. The molecule has 0 saturated heterocycles. The van der Waals surface area contributed by atoms with E-state index < -0.39 is 5.82 Å². The third kappa shape index (κ3) is 1.93. The highest BCUT2D eigenvalue weighted by molar-refractivity contribution is 6.33. The first-order valence-corrected chi connectivity index (χ1v) is 5.24. The third-order valence-electron chi connectivity index (χ3n) is 2.45. The molecule has 0 unspecified atom stereocenters. The van der Waals surface area contributed by atoms with Crippen LogP contribution < -0.4 is 10.5 Å². The van der Waals surface area contributed by atoms with E-state index in [9.17, 15) is 4.39 Å². The molecule has 90 valence electrons. The van der Waals surface area contributed by atoms with E-state index in [1.807, 2.05) is 0 Å². The van der Waals surface area contributed by atoms with Crippen LogP contribution in [-0.2, 0) is 7.05 Å². The Kier molecular flexibility index (Phi) is 2.93. The number of rotatable bonds is 2. The van der Waals surface area contributed by atoms with Crippen molar-refractivity contribution >= 4 is 17.4 Å².